The van der Waals surface area contributed by atoms with Crippen molar-refractivity contribution in [2.45, 2.75) is 32.3 Å². The molecule has 0 aliphatic carbocycles. The zero-order chi connectivity index (χ0) is 17.3. The molecule has 0 amide bonds. The Morgan fingerprint density at radius 1 is 0.600 bits per heavy atom. The van der Waals surface area contributed by atoms with Gasteiger partial charge < -0.3 is 9.47 Å². The van der Waals surface area contributed by atoms with Crippen molar-refractivity contribution in [1.29, 1.82) is 0 Å². The van der Waals surface area contributed by atoms with Crippen molar-refractivity contribution in [3.63, 3.8) is 0 Å². The minimum atomic E-state index is -0.303. The summed E-state index contributed by atoms with van der Waals surface area (Å²) in [5, 5.41) is 0. The normalized spacial score (nSPS) is 12.2. The van der Waals surface area contributed by atoms with E-state index in [0.29, 0.717) is 13.2 Å². The first-order valence-corrected chi connectivity index (χ1v) is 8.69. The van der Waals surface area contributed by atoms with E-state index in [1.54, 1.807) is 0 Å². The maximum atomic E-state index is 6.14. The molecule has 25 heavy (non-hydrogen) atoms. The van der Waals surface area contributed by atoms with Crippen LogP contribution >= 0.6 is 0 Å². The maximum Gasteiger partial charge on any atom is 0.164 e. The molecule has 0 bridgehead atoms. The predicted molar refractivity (Wildman–Crippen MR) is 101 cm³/mol. The highest BCUT2D eigenvalue weighted by Crippen LogP contribution is 2.24. The monoisotopic (exact) mass is 332 g/mol. The molecule has 3 aromatic carbocycles. The smallest absolute Gasteiger partial charge is 0.164 e. The quantitative estimate of drug-likeness (QED) is 0.504. The molecule has 0 aliphatic heterocycles. The SMILES string of the molecule is C[C@H](c1ccccc1)C(OCc1ccccc1)OCc1ccccc1. The number of rotatable bonds is 8. The van der Waals surface area contributed by atoms with Crippen molar-refractivity contribution < 1.29 is 9.47 Å². The summed E-state index contributed by atoms with van der Waals surface area (Å²) in [7, 11) is 0. The molecule has 0 saturated heterocycles. The minimum Gasteiger partial charge on any atom is -0.347 e. The van der Waals surface area contributed by atoms with Gasteiger partial charge in [0.25, 0.3) is 0 Å². The number of ether oxygens (including phenoxy) is 2. The average molecular weight is 332 g/mol. The van der Waals surface area contributed by atoms with Gasteiger partial charge in [-0.1, -0.05) is 97.9 Å². The van der Waals surface area contributed by atoms with Crippen LogP contribution < -0.4 is 0 Å². The van der Waals surface area contributed by atoms with Crippen molar-refractivity contribution in [2.75, 3.05) is 0 Å². The Morgan fingerprint density at radius 2 is 1.00 bits per heavy atom. The van der Waals surface area contributed by atoms with Crippen LogP contribution in [0.4, 0.5) is 0 Å². The van der Waals surface area contributed by atoms with Gasteiger partial charge >= 0.3 is 0 Å². The molecule has 0 fully saturated rings. The van der Waals surface area contributed by atoms with Crippen LogP contribution in [0.25, 0.3) is 0 Å². The Bertz CT molecular complexity index is 682. The van der Waals surface area contributed by atoms with Crippen LogP contribution in [-0.4, -0.2) is 6.29 Å². The standard InChI is InChI=1S/C23H24O2/c1-19(22-15-9-4-10-16-22)23(24-17-20-11-5-2-6-12-20)25-18-21-13-7-3-8-14-21/h2-16,19,23H,17-18H2,1H3/t19-/m1/s1. The molecule has 128 valence electrons. The lowest BCUT2D eigenvalue weighted by atomic mass is 10.0. The molecule has 0 aromatic heterocycles. The van der Waals surface area contributed by atoms with E-state index in [2.05, 4.69) is 55.5 Å². The topological polar surface area (TPSA) is 18.5 Å². The average Bonchev–Trinajstić information content (AvgIpc) is 2.70. The third-order valence-electron chi connectivity index (χ3n) is 4.25. The van der Waals surface area contributed by atoms with Crippen LogP contribution in [-0.2, 0) is 22.7 Å². The number of hydrogen-bond acceptors (Lipinski definition) is 2. The first-order chi connectivity index (χ1) is 12.3. The highest BCUT2D eigenvalue weighted by molar-refractivity contribution is 5.20. The first-order valence-electron chi connectivity index (χ1n) is 8.69. The van der Waals surface area contributed by atoms with E-state index in [-0.39, 0.29) is 12.2 Å². The Kier molecular flexibility index (Phi) is 6.38. The van der Waals surface area contributed by atoms with Gasteiger partial charge in [0.2, 0.25) is 0 Å². The van der Waals surface area contributed by atoms with E-state index in [1.165, 1.54) is 5.56 Å². The molecule has 1 atom stereocenters. The van der Waals surface area contributed by atoms with Gasteiger partial charge in [-0.15, -0.1) is 0 Å². The van der Waals surface area contributed by atoms with E-state index in [1.807, 2.05) is 42.5 Å². The second-order valence-electron chi connectivity index (χ2n) is 6.16. The molecule has 3 rings (SSSR count). The molecule has 3 aromatic rings. The fraction of sp³-hybridized carbons (Fsp3) is 0.217. The van der Waals surface area contributed by atoms with Crippen LogP contribution in [0.5, 0.6) is 0 Å². The van der Waals surface area contributed by atoms with E-state index in [0.717, 1.165) is 11.1 Å². The molecule has 0 spiro atoms. The summed E-state index contributed by atoms with van der Waals surface area (Å²) in [4.78, 5) is 0. The molecule has 0 N–H and O–H groups in total. The van der Waals surface area contributed by atoms with E-state index in [9.17, 15) is 0 Å². The zero-order valence-corrected chi connectivity index (χ0v) is 14.5. The van der Waals surface area contributed by atoms with Crippen molar-refractivity contribution in [3.05, 3.63) is 108 Å². The van der Waals surface area contributed by atoms with Crippen LogP contribution in [0.15, 0.2) is 91.0 Å². The molecule has 0 saturated carbocycles. The van der Waals surface area contributed by atoms with Gasteiger partial charge in [0.1, 0.15) is 0 Å². The molecular weight excluding hydrogens is 308 g/mol. The number of benzene rings is 3. The minimum absolute atomic E-state index is 0.147. The largest absolute Gasteiger partial charge is 0.347 e. The summed E-state index contributed by atoms with van der Waals surface area (Å²) < 4.78 is 12.3. The molecule has 0 aliphatic rings. The van der Waals surface area contributed by atoms with Gasteiger partial charge in [-0.3, -0.25) is 0 Å². The van der Waals surface area contributed by atoms with Gasteiger partial charge in [-0.25, -0.2) is 0 Å². The van der Waals surface area contributed by atoms with Crippen molar-refractivity contribution in [2.24, 2.45) is 0 Å². The molecule has 2 heteroatoms. The Balaban J connectivity index is 1.68. The molecule has 0 unspecified atom stereocenters. The van der Waals surface area contributed by atoms with Gasteiger partial charge in [-0.05, 0) is 16.7 Å². The predicted octanol–water partition coefficient (Wildman–Crippen LogP) is 5.55. The fourth-order valence-corrected chi connectivity index (χ4v) is 2.76. The van der Waals surface area contributed by atoms with Crippen molar-refractivity contribution in [3.8, 4) is 0 Å². The summed E-state index contributed by atoms with van der Waals surface area (Å²) in [6, 6.07) is 30.8. The Labute approximate surface area is 150 Å². The molecule has 0 radical (unpaired) electrons. The third-order valence-corrected chi connectivity index (χ3v) is 4.25. The highest BCUT2D eigenvalue weighted by Gasteiger charge is 2.20. The lowest BCUT2D eigenvalue weighted by molar-refractivity contribution is -0.167. The van der Waals surface area contributed by atoms with E-state index >= 15 is 0 Å². The molecule has 2 nitrogen and oxygen atoms in total. The lowest BCUT2D eigenvalue weighted by Gasteiger charge is -2.25. The third kappa shape index (κ3) is 5.28. The van der Waals surface area contributed by atoms with Gasteiger partial charge in [-0.2, -0.15) is 0 Å². The molecular formula is C23H24O2. The van der Waals surface area contributed by atoms with E-state index in [4.69, 9.17) is 9.47 Å². The van der Waals surface area contributed by atoms with Crippen molar-refractivity contribution in [1.82, 2.24) is 0 Å². The summed E-state index contributed by atoms with van der Waals surface area (Å²) >= 11 is 0. The van der Waals surface area contributed by atoms with Crippen molar-refractivity contribution >= 4 is 0 Å². The second kappa shape index (κ2) is 9.16. The zero-order valence-electron chi connectivity index (χ0n) is 14.5. The fourth-order valence-electron chi connectivity index (χ4n) is 2.76. The van der Waals surface area contributed by atoms with Crippen LogP contribution in [0.1, 0.15) is 29.5 Å². The molecule has 0 heterocycles. The first kappa shape index (κ1) is 17.4. The van der Waals surface area contributed by atoms with Crippen LogP contribution in [0.2, 0.25) is 0 Å². The maximum absolute atomic E-state index is 6.14. The van der Waals surface area contributed by atoms with Gasteiger partial charge in [0.05, 0.1) is 13.2 Å². The van der Waals surface area contributed by atoms with E-state index < -0.39 is 0 Å². The van der Waals surface area contributed by atoms with Gasteiger partial charge in [0, 0.05) is 5.92 Å². The van der Waals surface area contributed by atoms with Crippen LogP contribution in [0.3, 0.4) is 0 Å². The van der Waals surface area contributed by atoms with Gasteiger partial charge in [0.15, 0.2) is 6.29 Å². The summed E-state index contributed by atoms with van der Waals surface area (Å²) in [6.45, 7) is 3.23. The summed E-state index contributed by atoms with van der Waals surface area (Å²) in [5.74, 6) is 0.147. The summed E-state index contributed by atoms with van der Waals surface area (Å²) in [5.41, 5.74) is 3.51. The Hall–Kier alpha value is -2.42. The lowest BCUT2D eigenvalue weighted by Crippen LogP contribution is -2.24. The summed E-state index contributed by atoms with van der Waals surface area (Å²) in [6.07, 6.45) is -0.303. The Morgan fingerprint density at radius 3 is 1.44 bits per heavy atom. The number of hydrogen-bond donors (Lipinski definition) is 0. The van der Waals surface area contributed by atoms with Crippen LogP contribution in [0, 0.1) is 0 Å². The second-order valence-corrected chi connectivity index (χ2v) is 6.16. The highest BCUT2D eigenvalue weighted by atomic mass is 16.7.